The van der Waals surface area contributed by atoms with E-state index in [1.54, 1.807) is 12.1 Å². The van der Waals surface area contributed by atoms with Gasteiger partial charge >= 0.3 is 0 Å². The number of nitrogens with one attached hydrogen (secondary N) is 1. The fourth-order valence-corrected chi connectivity index (χ4v) is 2.79. The monoisotopic (exact) mass is 314 g/mol. The first-order chi connectivity index (χ1) is 9.61. The number of benzene rings is 1. The van der Waals surface area contributed by atoms with Crippen molar-refractivity contribution < 1.29 is 9.18 Å². The average molecular weight is 315 g/mol. The molecular weight excluding hydrogens is 291 g/mol. The molecule has 1 aromatic rings. The predicted octanol–water partition coefficient (Wildman–Crippen LogP) is 2.95. The number of piperidine rings is 1. The standard InChI is InChI=1S/C16H23FN2O.ClH/c1-12(14-5-3-4-6-15(14)17)11-16(20)19-9-7-13(18-2)8-10-19;/h3-6,12-13,18H,7-11H2,1-2H3;1H. The molecule has 21 heavy (non-hydrogen) atoms. The summed E-state index contributed by atoms with van der Waals surface area (Å²) in [6.45, 7) is 3.51. The number of halogens is 2. The average Bonchev–Trinajstić information content (AvgIpc) is 2.47. The Morgan fingerprint density at radius 3 is 2.57 bits per heavy atom. The maximum absolute atomic E-state index is 13.7. The van der Waals surface area contributed by atoms with Crippen molar-refractivity contribution in [2.24, 2.45) is 0 Å². The van der Waals surface area contributed by atoms with E-state index in [1.807, 2.05) is 24.9 Å². The lowest BCUT2D eigenvalue weighted by Gasteiger charge is -2.32. The van der Waals surface area contributed by atoms with Crippen molar-refractivity contribution in [3.05, 3.63) is 35.6 Å². The van der Waals surface area contributed by atoms with Crippen LogP contribution in [0.3, 0.4) is 0 Å². The molecule has 5 heteroatoms. The van der Waals surface area contributed by atoms with E-state index in [4.69, 9.17) is 0 Å². The molecule has 1 heterocycles. The number of nitrogens with zero attached hydrogens (tertiary/aromatic N) is 1. The largest absolute Gasteiger partial charge is 0.343 e. The minimum atomic E-state index is -0.221. The van der Waals surface area contributed by atoms with Crippen LogP contribution in [0.2, 0.25) is 0 Å². The van der Waals surface area contributed by atoms with E-state index in [1.165, 1.54) is 6.07 Å². The zero-order valence-electron chi connectivity index (χ0n) is 12.6. The van der Waals surface area contributed by atoms with Gasteiger partial charge < -0.3 is 10.2 Å². The Bertz CT molecular complexity index is 461. The molecule has 1 aliphatic heterocycles. The van der Waals surface area contributed by atoms with Crippen molar-refractivity contribution in [2.75, 3.05) is 20.1 Å². The van der Waals surface area contributed by atoms with E-state index in [0.717, 1.165) is 25.9 Å². The van der Waals surface area contributed by atoms with Gasteiger partial charge in [-0.15, -0.1) is 12.4 Å². The smallest absolute Gasteiger partial charge is 0.223 e. The highest BCUT2D eigenvalue weighted by atomic mass is 35.5. The molecule has 0 spiro atoms. The van der Waals surface area contributed by atoms with Gasteiger partial charge in [-0.1, -0.05) is 25.1 Å². The topological polar surface area (TPSA) is 32.3 Å². The second kappa shape index (κ2) is 8.35. The first kappa shape index (κ1) is 17.9. The zero-order chi connectivity index (χ0) is 14.5. The molecule has 118 valence electrons. The molecule has 0 radical (unpaired) electrons. The molecule has 0 aliphatic carbocycles. The number of rotatable bonds is 4. The minimum absolute atomic E-state index is 0. The summed E-state index contributed by atoms with van der Waals surface area (Å²) in [6, 6.07) is 7.23. The van der Waals surface area contributed by atoms with Gasteiger partial charge in [-0.25, -0.2) is 4.39 Å². The summed E-state index contributed by atoms with van der Waals surface area (Å²) in [7, 11) is 1.96. The number of amides is 1. The molecule has 1 aromatic carbocycles. The van der Waals surface area contributed by atoms with Crippen molar-refractivity contribution >= 4 is 18.3 Å². The molecule has 2 rings (SSSR count). The molecular formula is C16H24ClFN2O. The van der Waals surface area contributed by atoms with Crippen LogP contribution in [0.25, 0.3) is 0 Å². The third-order valence-corrected chi connectivity index (χ3v) is 4.17. The fraction of sp³-hybridized carbons (Fsp3) is 0.562. The third kappa shape index (κ3) is 4.68. The Balaban J connectivity index is 0.00000220. The lowest BCUT2D eigenvalue weighted by Crippen LogP contribution is -2.44. The normalized spacial score (nSPS) is 17.2. The number of likely N-dealkylation sites (tertiary alicyclic amines) is 1. The molecule has 1 saturated heterocycles. The van der Waals surface area contributed by atoms with Crippen LogP contribution in [0.5, 0.6) is 0 Å². The van der Waals surface area contributed by atoms with Crippen molar-refractivity contribution in [1.29, 1.82) is 0 Å². The van der Waals surface area contributed by atoms with Crippen LogP contribution >= 0.6 is 12.4 Å². The van der Waals surface area contributed by atoms with E-state index < -0.39 is 0 Å². The number of hydrogen-bond acceptors (Lipinski definition) is 2. The Morgan fingerprint density at radius 2 is 2.00 bits per heavy atom. The van der Waals surface area contributed by atoms with Crippen molar-refractivity contribution in [3.63, 3.8) is 0 Å². The van der Waals surface area contributed by atoms with Gasteiger partial charge in [0.2, 0.25) is 5.91 Å². The van der Waals surface area contributed by atoms with Gasteiger partial charge in [0, 0.05) is 25.6 Å². The summed E-state index contributed by atoms with van der Waals surface area (Å²) in [4.78, 5) is 14.2. The van der Waals surface area contributed by atoms with Gasteiger partial charge in [0.25, 0.3) is 0 Å². The van der Waals surface area contributed by atoms with Crippen LogP contribution < -0.4 is 5.32 Å². The van der Waals surface area contributed by atoms with E-state index in [0.29, 0.717) is 18.0 Å². The summed E-state index contributed by atoms with van der Waals surface area (Å²) >= 11 is 0. The molecule has 0 saturated carbocycles. The second-order valence-corrected chi connectivity index (χ2v) is 5.57. The van der Waals surface area contributed by atoms with E-state index in [-0.39, 0.29) is 30.0 Å². The zero-order valence-corrected chi connectivity index (χ0v) is 13.5. The summed E-state index contributed by atoms with van der Waals surface area (Å²) in [5.41, 5.74) is 0.631. The highest BCUT2D eigenvalue weighted by molar-refractivity contribution is 5.85. The van der Waals surface area contributed by atoms with E-state index in [2.05, 4.69) is 5.32 Å². The summed E-state index contributed by atoms with van der Waals surface area (Å²) in [6.07, 6.45) is 2.37. The van der Waals surface area contributed by atoms with Gasteiger partial charge in [0.1, 0.15) is 5.82 Å². The summed E-state index contributed by atoms with van der Waals surface area (Å²) < 4.78 is 13.7. The van der Waals surface area contributed by atoms with E-state index >= 15 is 0 Å². The SMILES string of the molecule is CNC1CCN(C(=O)CC(C)c2ccccc2F)CC1.Cl. The highest BCUT2D eigenvalue weighted by Crippen LogP contribution is 2.23. The molecule has 1 N–H and O–H groups in total. The van der Waals surface area contributed by atoms with Gasteiger partial charge in [-0.2, -0.15) is 0 Å². The maximum Gasteiger partial charge on any atom is 0.223 e. The fourth-order valence-electron chi connectivity index (χ4n) is 2.79. The Morgan fingerprint density at radius 1 is 1.38 bits per heavy atom. The van der Waals surface area contributed by atoms with Gasteiger partial charge in [-0.3, -0.25) is 4.79 Å². The van der Waals surface area contributed by atoms with E-state index in [9.17, 15) is 9.18 Å². The molecule has 1 atom stereocenters. The van der Waals surface area contributed by atoms with Crippen LogP contribution in [0.15, 0.2) is 24.3 Å². The van der Waals surface area contributed by atoms with Gasteiger partial charge in [0.15, 0.2) is 0 Å². The van der Waals surface area contributed by atoms with Gasteiger partial charge in [0.05, 0.1) is 0 Å². The maximum atomic E-state index is 13.7. The lowest BCUT2D eigenvalue weighted by atomic mass is 9.96. The molecule has 0 aromatic heterocycles. The van der Waals surface area contributed by atoms with Crippen molar-refractivity contribution in [1.82, 2.24) is 10.2 Å². The molecule has 0 bridgehead atoms. The molecule has 1 fully saturated rings. The molecule has 3 nitrogen and oxygen atoms in total. The van der Waals surface area contributed by atoms with Crippen LogP contribution in [-0.2, 0) is 4.79 Å². The quantitative estimate of drug-likeness (QED) is 0.926. The molecule has 1 unspecified atom stereocenters. The predicted molar refractivity (Wildman–Crippen MR) is 85.3 cm³/mol. The first-order valence-electron chi connectivity index (χ1n) is 7.31. The van der Waals surface area contributed by atoms with Crippen molar-refractivity contribution in [3.8, 4) is 0 Å². The number of hydrogen-bond donors (Lipinski definition) is 1. The van der Waals surface area contributed by atoms with Gasteiger partial charge in [-0.05, 0) is 37.4 Å². The van der Waals surface area contributed by atoms with Crippen LogP contribution in [0, 0.1) is 5.82 Å². The Labute approximate surface area is 132 Å². The molecule has 1 aliphatic rings. The number of carbonyl (C=O) groups excluding carboxylic acids is 1. The minimum Gasteiger partial charge on any atom is -0.343 e. The van der Waals surface area contributed by atoms with Crippen LogP contribution in [0.4, 0.5) is 4.39 Å². The third-order valence-electron chi connectivity index (χ3n) is 4.17. The van der Waals surface area contributed by atoms with Crippen molar-refractivity contribution in [2.45, 2.75) is 38.1 Å². The Hall–Kier alpha value is -1.13. The van der Waals surface area contributed by atoms with Crippen LogP contribution in [0.1, 0.15) is 37.7 Å². The second-order valence-electron chi connectivity index (χ2n) is 5.57. The Kier molecular flexibility index (Phi) is 7.12. The number of carbonyl (C=O) groups is 1. The highest BCUT2D eigenvalue weighted by Gasteiger charge is 2.23. The van der Waals surface area contributed by atoms with Crippen LogP contribution in [-0.4, -0.2) is 37.0 Å². The summed E-state index contributed by atoms with van der Waals surface area (Å²) in [5.74, 6) is -0.164. The lowest BCUT2D eigenvalue weighted by molar-refractivity contribution is -0.132. The first-order valence-corrected chi connectivity index (χ1v) is 7.31. The summed E-state index contributed by atoms with van der Waals surface area (Å²) in [5, 5.41) is 3.25. The molecule has 1 amide bonds.